The summed E-state index contributed by atoms with van der Waals surface area (Å²) in [6, 6.07) is 13.4. The lowest BCUT2D eigenvalue weighted by Crippen LogP contribution is -1.90. The molecule has 0 amide bonds. The zero-order valence-corrected chi connectivity index (χ0v) is 9.04. The van der Waals surface area contributed by atoms with E-state index in [-0.39, 0.29) is 11.4 Å². The van der Waals surface area contributed by atoms with E-state index in [0.717, 1.165) is 11.1 Å². The number of nitrogens with zero attached hydrogens (tertiary/aromatic N) is 1. The summed E-state index contributed by atoms with van der Waals surface area (Å²) in [7, 11) is 0. The second-order valence-corrected chi connectivity index (χ2v) is 3.77. The van der Waals surface area contributed by atoms with Gasteiger partial charge in [0, 0.05) is 12.1 Å². The minimum atomic E-state index is -0.419. The van der Waals surface area contributed by atoms with E-state index < -0.39 is 4.92 Å². The van der Waals surface area contributed by atoms with Crippen LogP contribution in [0.1, 0.15) is 11.1 Å². The molecule has 0 saturated carbocycles. The third-order valence-corrected chi connectivity index (χ3v) is 2.47. The van der Waals surface area contributed by atoms with Crippen molar-refractivity contribution in [3.05, 3.63) is 69.8 Å². The highest BCUT2D eigenvalue weighted by atomic mass is 16.6. The summed E-state index contributed by atoms with van der Waals surface area (Å²) in [5, 5.41) is 19.8. The topological polar surface area (TPSA) is 63.4 Å². The Bertz CT molecular complexity index is 535. The molecule has 1 N–H and O–H groups in total. The quantitative estimate of drug-likeness (QED) is 0.650. The van der Waals surface area contributed by atoms with E-state index in [1.54, 1.807) is 30.3 Å². The molecule has 0 spiro atoms. The summed E-state index contributed by atoms with van der Waals surface area (Å²) in [5.74, 6) is 0.226. The fourth-order valence-corrected chi connectivity index (χ4v) is 1.64. The van der Waals surface area contributed by atoms with Crippen LogP contribution in [0.5, 0.6) is 5.75 Å². The molecular weight excluding hydrogens is 218 g/mol. The summed E-state index contributed by atoms with van der Waals surface area (Å²) >= 11 is 0. The van der Waals surface area contributed by atoms with Crippen molar-refractivity contribution in [2.45, 2.75) is 6.42 Å². The molecule has 4 nitrogen and oxygen atoms in total. The number of benzene rings is 2. The highest BCUT2D eigenvalue weighted by molar-refractivity contribution is 5.36. The molecule has 0 aromatic heterocycles. The first-order valence-electron chi connectivity index (χ1n) is 5.16. The molecule has 0 radical (unpaired) electrons. The molecule has 0 unspecified atom stereocenters. The van der Waals surface area contributed by atoms with Crippen molar-refractivity contribution < 1.29 is 10.0 Å². The minimum absolute atomic E-state index is 0.0876. The maximum atomic E-state index is 10.5. The molecule has 0 aliphatic rings. The molecule has 0 heterocycles. The summed E-state index contributed by atoms with van der Waals surface area (Å²) < 4.78 is 0. The molecule has 2 aromatic rings. The lowest BCUT2D eigenvalue weighted by Gasteiger charge is -2.02. The van der Waals surface area contributed by atoms with Crippen LogP contribution in [0.3, 0.4) is 0 Å². The van der Waals surface area contributed by atoms with Crippen LogP contribution in [-0.4, -0.2) is 10.0 Å². The Balaban J connectivity index is 2.16. The molecule has 0 aliphatic heterocycles. The van der Waals surface area contributed by atoms with Crippen LogP contribution in [-0.2, 0) is 6.42 Å². The van der Waals surface area contributed by atoms with Crippen LogP contribution in [0.25, 0.3) is 0 Å². The highest BCUT2D eigenvalue weighted by Gasteiger charge is 2.04. The van der Waals surface area contributed by atoms with Gasteiger partial charge in [-0.3, -0.25) is 10.1 Å². The van der Waals surface area contributed by atoms with Crippen LogP contribution in [0.15, 0.2) is 48.5 Å². The second-order valence-electron chi connectivity index (χ2n) is 3.77. The first-order chi connectivity index (χ1) is 8.15. The molecule has 0 fully saturated rings. The van der Waals surface area contributed by atoms with E-state index in [4.69, 9.17) is 0 Å². The number of hydrogen-bond acceptors (Lipinski definition) is 3. The smallest absolute Gasteiger partial charge is 0.269 e. The van der Waals surface area contributed by atoms with Crippen molar-refractivity contribution in [3.8, 4) is 5.75 Å². The second kappa shape index (κ2) is 4.65. The number of rotatable bonds is 3. The van der Waals surface area contributed by atoms with Gasteiger partial charge in [-0.15, -0.1) is 0 Å². The summed E-state index contributed by atoms with van der Waals surface area (Å²) in [6.07, 6.45) is 0.645. The first kappa shape index (κ1) is 11.1. The number of hydrogen-bond donors (Lipinski definition) is 1. The van der Waals surface area contributed by atoms with Gasteiger partial charge in [-0.05, 0) is 29.7 Å². The van der Waals surface area contributed by atoms with Gasteiger partial charge in [-0.25, -0.2) is 0 Å². The zero-order valence-electron chi connectivity index (χ0n) is 9.04. The SMILES string of the molecule is O=[N+]([O-])c1ccc(Cc2cccc(O)c2)cc1. The Labute approximate surface area is 98.3 Å². The van der Waals surface area contributed by atoms with Crippen molar-refractivity contribution in [2.24, 2.45) is 0 Å². The molecule has 4 heteroatoms. The van der Waals surface area contributed by atoms with Crippen molar-refractivity contribution >= 4 is 5.69 Å². The fourth-order valence-electron chi connectivity index (χ4n) is 1.64. The summed E-state index contributed by atoms with van der Waals surface area (Å²) in [4.78, 5) is 10.1. The molecular formula is C13H11NO3. The predicted molar refractivity (Wildman–Crippen MR) is 64.0 cm³/mol. The van der Waals surface area contributed by atoms with Gasteiger partial charge in [0.2, 0.25) is 0 Å². The van der Waals surface area contributed by atoms with E-state index >= 15 is 0 Å². The average Bonchev–Trinajstić information content (AvgIpc) is 2.29. The monoisotopic (exact) mass is 229 g/mol. The Morgan fingerprint density at radius 1 is 1.06 bits per heavy atom. The Hall–Kier alpha value is -2.36. The number of nitro benzene ring substituents is 1. The Morgan fingerprint density at radius 2 is 1.76 bits per heavy atom. The molecule has 0 atom stereocenters. The molecule has 86 valence electrons. The van der Waals surface area contributed by atoms with Crippen LogP contribution in [0.4, 0.5) is 5.69 Å². The van der Waals surface area contributed by atoms with Gasteiger partial charge in [-0.2, -0.15) is 0 Å². The average molecular weight is 229 g/mol. The Morgan fingerprint density at radius 3 is 2.35 bits per heavy atom. The molecule has 2 aromatic carbocycles. The number of non-ortho nitro benzene ring substituents is 1. The van der Waals surface area contributed by atoms with Gasteiger partial charge in [0.1, 0.15) is 5.75 Å². The van der Waals surface area contributed by atoms with Crippen molar-refractivity contribution in [3.63, 3.8) is 0 Å². The van der Waals surface area contributed by atoms with Gasteiger partial charge >= 0.3 is 0 Å². The first-order valence-corrected chi connectivity index (χ1v) is 5.16. The van der Waals surface area contributed by atoms with E-state index in [2.05, 4.69) is 0 Å². The third kappa shape index (κ3) is 2.81. The normalized spacial score (nSPS) is 10.1. The van der Waals surface area contributed by atoms with Gasteiger partial charge in [0.05, 0.1) is 4.92 Å². The lowest BCUT2D eigenvalue weighted by molar-refractivity contribution is -0.384. The number of phenols is 1. The van der Waals surface area contributed by atoms with Crippen molar-refractivity contribution in [1.29, 1.82) is 0 Å². The number of aromatic hydroxyl groups is 1. The van der Waals surface area contributed by atoms with Gasteiger partial charge in [0.15, 0.2) is 0 Å². The van der Waals surface area contributed by atoms with Gasteiger partial charge in [0.25, 0.3) is 5.69 Å². The Kier molecular flexibility index (Phi) is 3.05. The fraction of sp³-hybridized carbons (Fsp3) is 0.0769. The highest BCUT2D eigenvalue weighted by Crippen LogP contribution is 2.17. The van der Waals surface area contributed by atoms with E-state index in [9.17, 15) is 15.2 Å². The predicted octanol–water partition coefficient (Wildman–Crippen LogP) is 2.89. The molecule has 0 bridgehead atoms. The third-order valence-electron chi connectivity index (χ3n) is 2.47. The van der Waals surface area contributed by atoms with Gasteiger partial charge in [-0.1, -0.05) is 24.3 Å². The lowest BCUT2D eigenvalue weighted by atomic mass is 10.0. The summed E-state index contributed by atoms with van der Waals surface area (Å²) in [6.45, 7) is 0. The van der Waals surface area contributed by atoms with Gasteiger partial charge < -0.3 is 5.11 Å². The van der Waals surface area contributed by atoms with Crippen LogP contribution in [0.2, 0.25) is 0 Å². The van der Waals surface area contributed by atoms with E-state index in [1.165, 1.54) is 12.1 Å². The zero-order chi connectivity index (χ0) is 12.3. The molecule has 17 heavy (non-hydrogen) atoms. The maximum absolute atomic E-state index is 10.5. The van der Waals surface area contributed by atoms with Crippen LogP contribution < -0.4 is 0 Å². The van der Waals surface area contributed by atoms with E-state index in [1.807, 2.05) is 6.07 Å². The number of phenolic OH excluding ortho intramolecular Hbond substituents is 1. The van der Waals surface area contributed by atoms with Crippen molar-refractivity contribution in [1.82, 2.24) is 0 Å². The molecule has 0 aliphatic carbocycles. The molecule has 2 rings (SSSR count). The van der Waals surface area contributed by atoms with Crippen LogP contribution >= 0.6 is 0 Å². The van der Waals surface area contributed by atoms with Crippen molar-refractivity contribution in [2.75, 3.05) is 0 Å². The van der Waals surface area contributed by atoms with Crippen LogP contribution in [0, 0.1) is 10.1 Å². The minimum Gasteiger partial charge on any atom is -0.508 e. The largest absolute Gasteiger partial charge is 0.508 e. The molecule has 0 saturated heterocycles. The number of nitro groups is 1. The summed E-state index contributed by atoms with van der Waals surface area (Å²) in [5.41, 5.74) is 2.03. The van der Waals surface area contributed by atoms with E-state index in [0.29, 0.717) is 6.42 Å². The maximum Gasteiger partial charge on any atom is 0.269 e. The standard InChI is InChI=1S/C13H11NO3/c15-13-3-1-2-11(9-13)8-10-4-6-12(7-5-10)14(16)17/h1-7,9,15H,8H2.